The first kappa shape index (κ1) is 11.3. The van der Waals surface area contributed by atoms with Crippen molar-refractivity contribution in [3.63, 3.8) is 0 Å². The maximum atomic E-state index is 4.51. The lowest BCUT2D eigenvalue weighted by molar-refractivity contribution is 0.281. The van der Waals surface area contributed by atoms with E-state index in [9.17, 15) is 0 Å². The van der Waals surface area contributed by atoms with Crippen molar-refractivity contribution in [1.82, 2.24) is 4.90 Å². The SMILES string of the molecule is C/C=C\N=C1\CCC[C@@H](C)N1CCC. The van der Waals surface area contributed by atoms with E-state index < -0.39 is 0 Å². The molecule has 1 heterocycles. The fourth-order valence-electron chi connectivity index (χ4n) is 2.00. The van der Waals surface area contributed by atoms with E-state index in [2.05, 4.69) is 23.7 Å². The smallest absolute Gasteiger partial charge is 0.104 e. The molecule has 0 bridgehead atoms. The Morgan fingerprint density at radius 1 is 1.57 bits per heavy atom. The highest BCUT2D eigenvalue weighted by Crippen LogP contribution is 2.19. The van der Waals surface area contributed by atoms with Crippen molar-refractivity contribution in [1.29, 1.82) is 0 Å². The van der Waals surface area contributed by atoms with Gasteiger partial charge >= 0.3 is 0 Å². The molecule has 0 spiro atoms. The van der Waals surface area contributed by atoms with Crippen LogP contribution >= 0.6 is 0 Å². The van der Waals surface area contributed by atoms with Gasteiger partial charge < -0.3 is 4.90 Å². The van der Waals surface area contributed by atoms with Crippen LogP contribution in [0.4, 0.5) is 0 Å². The standard InChI is InChI=1S/C12H22N2/c1-4-9-13-12-8-6-7-11(3)14(12)10-5-2/h4,9,11H,5-8,10H2,1-3H3/b9-4-,13-12-/t11-/m1/s1. The van der Waals surface area contributed by atoms with Crippen molar-refractivity contribution in [3.05, 3.63) is 12.3 Å². The minimum Gasteiger partial charge on any atom is -0.357 e. The summed E-state index contributed by atoms with van der Waals surface area (Å²) in [5.41, 5.74) is 0. The van der Waals surface area contributed by atoms with Crippen LogP contribution < -0.4 is 0 Å². The molecule has 1 saturated heterocycles. The summed E-state index contributed by atoms with van der Waals surface area (Å²) >= 11 is 0. The summed E-state index contributed by atoms with van der Waals surface area (Å²) in [6, 6.07) is 0.674. The molecule has 0 radical (unpaired) electrons. The molecule has 1 atom stereocenters. The fourth-order valence-corrected chi connectivity index (χ4v) is 2.00. The van der Waals surface area contributed by atoms with Crippen LogP contribution in [0.1, 0.15) is 46.5 Å². The molecule has 1 aliphatic rings. The predicted octanol–water partition coefficient (Wildman–Crippen LogP) is 3.20. The van der Waals surface area contributed by atoms with Crippen molar-refractivity contribution in [3.8, 4) is 0 Å². The number of piperidine rings is 1. The summed E-state index contributed by atoms with van der Waals surface area (Å²) in [6.07, 6.45) is 8.87. The van der Waals surface area contributed by atoms with Crippen LogP contribution in [0.2, 0.25) is 0 Å². The molecule has 1 fully saturated rings. The summed E-state index contributed by atoms with van der Waals surface area (Å²) < 4.78 is 0. The van der Waals surface area contributed by atoms with E-state index in [1.54, 1.807) is 0 Å². The average molecular weight is 194 g/mol. The quantitative estimate of drug-likeness (QED) is 0.673. The van der Waals surface area contributed by atoms with E-state index in [1.807, 2.05) is 19.2 Å². The van der Waals surface area contributed by atoms with Crippen LogP contribution in [-0.2, 0) is 0 Å². The second-order valence-corrected chi connectivity index (χ2v) is 3.96. The first-order valence-corrected chi connectivity index (χ1v) is 5.74. The molecule has 2 nitrogen and oxygen atoms in total. The van der Waals surface area contributed by atoms with Gasteiger partial charge in [-0.2, -0.15) is 0 Å². The molecular weight excluding hydrogens is 172 g/mol. The maximum Gasteiger partial charge on any atom is 0.104 e. The third-order valence-electron chi connectivity index (χ3n) is 2.72. The molecule has 1 rings (SSSR count). The van der Waals surface area contributed by atoms with Gasteiger partial charge in [-0.25, -0.2) is 4.99 Å². The van der Waals surface area contributed by atoms with E-state index >= 15 is 0 Å². The van der Waals surface area contributed by atoms with Crippen molar-refractivity contribution in [2.24, 2.45) is 4.99 Å². The largest absolute Gasteiger partial charge is 0.357 e. The van der Waals surface area contributed by atoms with Crippen LogP contribution in [0, 0.1) is 0 Å². The Labute approximate surface area is 87.7 Å². The molecular formula is C12H22N2. The lowest BCUT2D eigenvalue weighted by Gasteiger charge is -2.36. The van der Waals surface area contributed by atoms with Gasteiger partial charge in [0.2, 0.25) is 0 Å². The van der Waals surface area contributed by atoms with Crippen molar-refractivity contribution < 1.29 is 0 Å². The first-order valence-electron chi connectivity index (χ1n) is 5.74. The number of allylic oxidation sites excluding steroid dienone is 1. The third kappa shape index (κ3) is 2.86. The van der Waals surface area contributed by atoms with E-state index in [-0.39, 0.29) is 0 Å². The Morgan fingerprint density at radius 3 is 3.00 bits per heavy atom. The van der Waals surface area contributed by atoms with E-state index in [0.29, 0.717) is 6.04 Å². The van der Waals surface area contributed by atoms with Crippen LogP contribution in [-0.4, -0.2) is 23.3 Å². The summed E-state index contributed by atoms with van der Waals surface area (Å²) in [5.74, 6) is 1.28. The second kappa shape index (κ2) is 5.84. The van der Waals surface area contributed by atoms with Gasteiger partial charge in [0.1, 0.15) is 5.84 Å². The van der Waals surface area contributed by atoms with Gasteiger partial charge in [-0.1, -0.05) is 13.0 Å². The van der Waals surface area contributed by atoms with Crippen LogP contribution in [0.3, 0.4) is 0 Å². The third-order valence-corrected chi connectivity index (χ3v) is 2.72. The molecule has 0 amide bonds. The van der Waals surface area contributed by atoms with Gasteiger partial charge in [-0.15, -0.1) is 0 Å². The van der Waals surface area contributed by atoms with E-state index in [0.717, 1.165) is 13.0 Å². The molecule has 2 heteroatoms. The summed E-state index contributed by atoms with van der Waals surface area (Å²) in [4.78, 5) is 6.98. The molecule has 80 valence electrons. The Balaban J connectivity index is 2.68. The molecule has 0 N–H and O–H groups in total. The van der Waals surface area contributed by atoms with Crippen LogP contribution in [0.5, 0.6) is 0 Å². The van der Waals surface area contributed by atoms with Crippen LogP contribution in [0.25, 0.3) is 0 Å². The van der Waals surface area contributed by atoms with Crippen molar-refractivity contribution in [2.75, 3.05) is 6.54 Å². The highest BCUT2D eigenvalue weighted by atomic mass is 15.2. The van der Waals surface area contributed by atoms with E-state index in [4.69, 9.17) is 0 Å². The predicted molar refractivity (Wildman–Crippen MR) is 62.6 cm³/mol. The number of hydrogen-bond donors (Lipinski definition) is 0. The van der Waals surface area contributed by atoms with E-state index in [1.165, 1.54) is 25.1 Å². The zero-order chi connectivity index (χ0) is 10.4. The molecule has 14 heavy (non-hydrogen) atoms. The normalized spacial score (nSPS) is 26.4. The Bertz CT molecular complexity index is 218. The minimum atomic E-state index is 0.674. The average Bonchev–Trinajstić information content (AvgIpc) is 2.19. The monoisotopic (exact) mass is 194 g/mol. The number of rotatable bonds is 3. The van der Waals surface area contributed by atoms with Gasteiger partial charge in [-0.3, -0.25) is 0 Å². The number of likely N-dealkylation sites (tertiary alicyclic amines) is 1. The molecule has 0 aromatic heterocycles. The van der Waals surface area contributed by atoms with Crippen LogP contribution in [0.15, 0.2) is 17.3 Å². The lowest BCUT2D eigenvalue weighted by Crippen LogP contribution is -2.42. The zero-order valence-corrected chi connectivity index (χ0v) is 9.66. The molecule has 0 aromatic carbocycles. The highest BCUT2D eigenvalue weighted by Gasteiger charge is 2.21. The molecule has 1 aliphatic heterocycles. The van der Waals surface area contributed by atoms with Gasteiger partial charge in [0.15, 0.2) is 0 Å². The van der Waals surface area contributed by atoms with Gasteiger partial charge in [0.25, 0.3) is 0 Å². The lowest BCUT2D eigenvalue weighted by atomic mass is 10.0. The molecule has 0 aliphatic carbocycles. The molecule has 0 unspecified atom stereocenters. The van der Waals surface area contributed by atoms with Gasteiger partial charge in [0.05, 0.1) is 0 Å². The summed E-state index contributed by atoms with van der Waals surface area (Å²) in [7, 11) is 0. The number of aliphatic imine (C=N–C) groups is 1. The Hall–Kier alpha value is -0.790. The highest BCUT2D eigenvalue weighted by molar-refractivity contribution is 5.83. The minimum absolute atomic E-state index is 0.674. The number of hydrogen-bond acceptors (Lipinski definition) is 1. The first-order chi connectivity index (χ1) is 6.79. The maximum absolute atomic E-state index is 4.51. The number of amidine groups is 1. The molecule has 0 aromatic rings. The number of nitrogens with zero attached hydrogens (tertiary/aromatic N) is 2. The van der Waals surface area contributed by atoms with Crippen molar-refractivity contribution >= 4 is 5.84 Å². The Kier molecular flexibility index (Phi) is 4.71. The zero-order valence-electron chi connectivity index (χ0n) is 9.66. The van der Waals surface area contributed by atoms with Gasteiger partial charge in [-0.05, 0) is 33.1 Å². The fraction of sp³-hybridized carbons (Fsp3) is 0.750. The topological polar surface area (TPSA) is 15.6 Å². The summed E-state index contributed by atoms with van der Waals surface area (Å²) in [5, 5.41) is 0. The van der Waals surface area contributed by atoms with Crippen molar-refractivity contribution in [2.45, 2.75) is 52.5 Å². The molecule has 0 saturated carbocycles. The van der Waals surface area contributed by atoms with Gasteiger partial charge in [0, 0.05) is 25.2 Å². The summed E-state index contributed by atoms with van der Waals surface area (Å²) in [6.45, 7) is 7.70. The Morgan fingerprint density at radius 2 is 2.36 bits per heavy atom. The second-order valence-electron chi connectivity index (χ2n) is 3.96.